The number of hydrogen-bond donors (Lipinski definition) is 1. The van der Waals surface area contributed by atoms with E-state index in [0.717, 1.165) is 0 Å². The van der Waals surface area contributed by atoms with Gasteiger partial charge >= 0.3 is 12.3 Å². The SMILES string of the molecule is CCc1nc(Cl)cc(NCC(F)(F)C(F)F)n1. The van der Waals surface area contributed by atoms with Gasteiger partial charge in [-0.15, -0.1) is 0 Å². The smallest absolute Gasteiger partial charge is 0.324 e. The van der Waals surface area contributed by atoms with Crippen LogP contribution in [0.4, 0.5) is 23.4 Å². The molecule has 0 bridgehead atoms. The Labute approximate surface area is 100 Å². The third kappa shape index (κ3) is 3.99. The van der Waals surface area contributed by atoms with Crippen molar-refractivity contribution in [3.8, 4) is 0 Å². The predicted octanol–water partition coefficient (Wildman–Crippen LogP) is 3.00. The van der Waals surface area contributed by atoms with Crippen LogP contribution >= 0.6 is 11.6 Å². The topological polar surface area (TPSA) is 37.8 Å². The zero-order chi connectivity index (χ0) is 13.1. The summed E-state index contributed by atoms with van der Waals surface area (Å²) in [5.41, 5.74) is 0. The average Bonchev–Trinajstić information content (AvgIpc) is 2.25. The fourth-order valence-corrected chi connectivity index (χ4v) is 1.20. The van der Waals surface area contributed by atoms with Gasteiger partial charge in [-0.05, 0) is 0 Å². The standard InChI is InChI=1S/C9H10ClF4N3/c1-2-6-16-5(10)3-7(17-6)15-4-9(13,14)8(11)12/h3,8H,2,4H2,1H3,(H,15,16,17). The van der Waals surface area contributed by atoms with E-state index in [9.17, 15) is 17.6 Å². The molecule has 0 aliphatic heterocycles. The van der Waals surface area contributed by atoms with Crippen molar-refractivity contribution in [2.45, 2.75) is 25.7 Å². The highest BCUT2D eigenvalue weighted by atomic mass is 35.5. The summed E-state index contributed by atoms with van der Waals surface area (Å²) in [5.74, 6) is -3.76. The minimum absolute atomic E-state index is 0.00201. The average molecular weight is 272 g/mol. The lowest BCUT2D eigenvalue weighted by molar-refractivity contribution is -0.117. The van der Waals surface area contributed by atoms with Crippen molar-refractivity contribution in [1.82, 2.24) is 9.97 Å². The molecular formula is C9H10ClF4N3. The highest BCUT2D eigenvalue weighted by Gasteiger charge is 2.40. The van der Waals surface area contributed by atoms with Crippen molar-refractivity contribution in [3.05, 3.63) is 17.0 Å². The van der Waals surface area contributed by atoms with E-state index in [0.29, 0.717) is 12.2 Å². The van der Waals surface area contributed by atoms with E-state index in [4.69, 9.17) is 11.6 Å². The summed E-state index contributed by atoms with van der Waals surface area (Å²) in [7, 11) is 0. The third-order valence-electron chi connectivity index (χ3n) is 1.88. The molecule has 0 atom stereocenters. The summed E-state index contributed by atoms with van der Waals surface area (Å²) in [6.45, 7) is 0.546. The molecule has 0 aromatic carbocycles. The van der Waals surface area contributed by atoms with Gasteiger partial charge in [0.25, 0.3) is 0 Å². The van der Waals surface area contributed by atoms with Crippen LogP contribution in [-0.2, 0) is 6.42 Å². The van der Waals surface area contributed by atoms with Gasteiger partial charge in [-0.2, -0.15) is 8.78 Å². The molecule has 0 radical (unpaired) electrons. The van der Waals surface area contributed by atoms with Crippen LogP contribution in [0.5, 0.6) is 0 Å². The van der Waals surface area contributed by atoms with Crippen LogP contribution in [0.3, 0.4) is 0 Å². The van der Waals surface area contributed by atoms with Gasteiger partial charge in [0.2, 0.25) is 0 Å². The van der Waals surface area contributed by atoms with Crippen molar-refractivity contribution in [1.29, 1.82) is 0 Å². The number of nitrogens with zero attached hydrogens (tertiary/aromatic N) is 2. The van der Waals surface area contributed by atoms with Crippen LogP contribution in [-0.4, -0.2) is 28.9 Å². The van der Waals surface area contributed by atoms with Gasteiger partial charge in [-0.25, -0.2) is 18.7 Å². The van der Waals surface area contributed by atoms with E-state index in [2.05, 4.69) is 15.3 Å². The van der Waals surface area contributed by atoms with Gasteiger partial charge in [0.15, 0.2) is 0 Å². The number of anilines is 1. The summed E-state index contributed by atoms with van der Waals surface area (Å²) >= 11 is 5.61. The van der Waals surface area contributed by atoms with Gasteiger partial charge in [0, 0.05) is 12.5 Å². The number of alkyl halides is 4. The summed E-state index contributed by atoms with van der Waals surface area (Å²) in [4.78, 5) is 7.64. The van der Waals surface area contributed by atoms with Crippen molar-refractivity contribution in [2.75, 3.05) is 11.9 Å². The van der Waals surface area contributed by atoms with E-state index in [1.165, 1.54) is 6.07 Å². The first-order valence-electron chi connectivity index (χ1n) is 4.78. The fraction of sp³-hybridized carbons (Fsp3) is 0.556. The van der Waals surface area contributed by atoms with Crippen molar-refractivity contribution >= 4 is 17.4 Å². The highest BCUT2D eigenvalue weighted by molar-refractivity contribution is 6.29. The zero-order valence-electron chi connectivity index (χ0n) is 8.85. The molecule has 0 saturated heterocycles. The molecule has 1 aromatic heterocycles. The lowest BCUT2D eigenvalue weighted by Crippen LogP contribution is -2.35. The summed E-state index contributed by atoms with van der Waals surface area (Å²) < 4.78 is 49.0. The number of aryl methyl sites for hydroxylation is 1. The second-order valence-corrected chi connectivity index (χ2v) is 3.65. The predicted molar refractivity (Wildman–Crippen MR) is 55.9 cm³/mol. The Balaban J connectivity index is 2.72. The fourth-order valence-electron chi connectivity index (χ4n) is 0.999. The Bertz CT molecular complexity index is 387. The minimum atomic E-state index is -4.11. The lowest BCUT2D eigenvalue weighted by atomic mass is 10.3. The van der Waals surface area contributed by atoms with Crippen LogP contribution in [0.15, 0.2) is 6.07 Å². The molecule has 1 aromatic rings. The Morgan fingerprint density at radius 2 is 2.06 bits per heavy atom. The van der Waals surface area contributed by atoms with Crippen molar-refractivity contribution < 1.29 is 17.6 Å². The molecule has 3 nitrogen and oxygen atoms in total. The minimum Gasteiger partial charge on any atom is -0.364 e. The maximum atomic E-state index is 12.6. The quantitative estimate of drug-likeness (QED) is 0.661. The summed E-state index contributed by atoms with van der Waals surface area (Å²) in [6, 6.07) is 1.20. The molecule has 0 amide bonds. The number of halogens is 5. The summed E-state index contributed by atoms with van der Waals surface area (Å²) in [6.07, 6.45) is -3.27. The molecule has 1 rings (SSSR count). The van der Waals surface area contributed by atoms with Gasteiger partial charge < -0.3 is 5.32 Å². The maximum absolute atomic E-state index is 12.6. The molecule has 1 heterocycles. The lowest BCUT2D eigenvalue weighted by Gasteiger charge is -2.16. The van der Waals surface area contributed by atoms with Crippen molar-refractivity contribution in [3.63, 3.8) is 0 Å². The number of nitrogens with one attached hydrogen (secondary N) is 1. The number of aromatic nitrogens is 2. The molecule has 1 N–H and O–H groups in total. The zero-order valence-corrected chi connectivity index (χ0v) is 9.61. The molecule has 0 aliphatic rings. The van der Waals surface area contributed by atoms with Crippen LogP contribution in [0.25, 0.3) is 0 Å². The molecule has 0 saturated carbocycles. The van der Waals surface area contributed by atoms with Crippen LogP contribution in [0.1, 0.15) is 12.7 Å². The second kappa shape index (κ2) is 5.48. The molecule has 8 heteroatoms. The largest absolute Gasteiger partial charge is 0.364 e. The molecule has 0 fully saturated rings. The van der Waals surface area contributed by atoms with E-state index in [1.807, 2.05) is 0 Å². The van der Waals surface area contributed by atoms with Gasteiger partial charge in [0.1, 0.15) is 16.8 Å². The molecule has 0 unspecified atom stereocenters. The molecule has 17 heavy (non-hydrogen) atoms. The van der Waals surface area contributed by atoms with E-state index in [-0.39, 0.29) is 11.0 Å². The van der Waals surface area contributed by atoms with Gasteiger partial charge in [0.05, 0.1) is 6.54 Å². The third-order valence-corrected chi connectivity index (χ3v) is 2.08. The van der Waals surface area contributed by atoms with Crippen LogP contribution in [0, 0.1) is 0 Å². The van der Waals surface area contributed by atoms with Crippen molar-refractivity contribution in [2.24, 2.45) is 0 Å². The molecular weight excluding hydrogens is 262 g/mol. The first-order chi connectivity index (χ1) is 7.85. The first kappa shape index (κ1) is 14.0. The van der Waals surface area contributed by atoms with E-state index < -0.39 is 18.9 Å². The van der Waals surface area contributed by atoms with Crippen LogP contribution < -0.4 is 5.32 Å². The number of rotatable bonds is 5. The normalized spacial score (nSPS) is 11.9. The Hall–Kier alpha value is -1.11. The monoisotopic (exact) mass is 271 g/mol. The first-order valence-corrected chi connectivity index (χ1v) is 5.16. The second-order valence-electron chi connectivity index (χ2n) is 3.26. The van der Waals surface area contributed by atoms with Gasteiger partial charge in [-0.3, -0.25) is 0 Å². The van der Waals surface area contributed by atoms with E-state index in [1.54, 1.807) is 6.92 Å². The van der Waals surface area contributed by atoms with E-state index >= 15 is 0 Å². The molecule has 0 spiro atoms. The molecule has 0 aliphatic carbocycles. The summed E-state index contributed by atoms with van der Waals surface area (Å²) in [5, 5.41) is 2.19. The Morgan fingerprint density at radius 1 is 1.41 bits per heavy atom. The maximum Gasteiger partial charge on any atom is 0.324 e. The Morgan fingerprint density at radius 3 is 2.59 bits per heavy atom. The van der Waals surface area contributed by atoms with Crippen LogP contribution in [0.2, 0.25) is 5.15 Å². The highest BCUT2D eigenvalue weighted by Crippen LogP contribution is 2.23. The Kier molecular flexibility index (Phi) is 4.50. The number of hydrogen-bond acceptors (Lipinski definition) is 3. The molecule has 96 valence electrons. The van der Waals surface area contributed by atoms with Gasteiger partial charge in [-0.1, -0.05) is 18.5 Å².